The Bertz CT molecular complexity index is 308. The van der Waals surface area contributed by atoms with Gasteiger partial charge in [0, 0.05) is 12.5 Å². The monoisotopic (exact) mass is 191 g/mol. The standard InChI is InChI=1S/C11H13NO2/c1-2-11(13)14-10(12)8-9-6-4-3-5-7-9/h2-7,10H,1,8,12H2. The average Bonchev–Trinajstić information content (AvgIpc) is 2.19. The summed E-state index contributed by atoms with van der Waals surface area (Å²) in [5.41, 5.74) is 6.63. The highest BCUT2D eigenvalue weighted by molar-refractivity contribution is 5.81. The maximum atomic E-state index is 10.8. The molecule has 0 aromatic heterocycles. The molecule has 1 aromatic carbocycles. The fourth-order valence-electron chi connectivity index (χ4n) is 1.09. The van der Waals surface area contributed by atoms with Gasteiger partial charge < -0.3 is 4.74 Å². The van der Waals surface area contributed by atoms with Gasteiger partial charge in [0.25, 0.3) is 0 Å². The van der Waals surface area contributed by atoms with Crippen LogP contribution >= 0.6 is 0 Å². The molecule has 1 unspecified atom stereocenters. The molecule has 0 amide bonds. The van der Waals surface area contributed by atoms with Crippen LogP contribution in [0, 0.1) is 0 Å². The van der Waals surface area contributed by atoms with Crippen LogP contribution < -0.4 is 5.73 Å². The van der Waals surface area contributed by atoms with E-state index in [2.05, 4.69) is 6.58 Å². The molecule has 3 heteroatoms. The molecular weight excluding hydrogens is 178 g/mol. The van der Waals surface area contributed by atoms with Crippen LogP contribution in [-0.4, -0.2) is 12.2 Å². The first-order valence-electron chi connectivity index (χ1n) is 4.35. The van der Waals surface area contributed by atoms with Gasteiger partial charge in [-0.25, -0.2) is 4.79 Å². The van der Waals surface area contributed by atoms with Gasteiger partial charge in [0.05, 0.1) is 0 Å². The van der Waals surface area contributed by atoms with Gasteiger partial charge in [0.15, 0.2) is 6.23 Å². The molecule has 1 rings (SSSR count). The van der Waals surface area contributed by atoms with Crippen molar-refractivity contribution < 1.29 is 9.53 Å². The van der Waals surface area contributed by atoms with Crippen molar-refractivity contribution >= 4 is 5.97 Å². The van der Waals surface area contributed by atoms with Crippen molar-refractivity contribution in [2.45, 2.75) is 12.6 Å². The third kappa shape index (κ3) is 3.41. The Morgan fingerprint density at radius 3 is 2.71 bits per heavy atom. The summed E-state index contributed by atoms with van der Waals surface area (Å²) in [4.78, 5) is 10.8. The lowest BCUT2D eigenvalue weighted by atomic mass is 10.1. The maximum Gasteiger partial charge on any atom is 0.331 e. The molecule has 0 bridgehead atoms. The number of benzene rings is 1. The van der Waals surface area contributed by atoms with Gasteiger partial charge in [-0.1, -0.05) is 36.9 Å². The number of carbonyl (C=O) groups excluding carboxylic acids is 1. The predicted octanol–water partition coefficient (Wildman–Crippen LogP) is 1.24. The number of hydrogen-bond acceptors (Lipinski definition) is 3. The Kier molecular flexibility index (Phi) is 3.88. The van der Waals surface area contributed by atoms with E-state index >= 15 is 0 Å². The number of rotatable bonds is 4. The van der Waals surface area contributed by atoms with Crippen molar-refractivity contribution in [3.63, 3.8) is 0 Å². The Hall–Kier alpha value is -1.61. The number of carbonyl (C=O) groups is 1. The Morgan fingerprint density at radius 1 is 1.50 bits per heavy atom. The molecule has 0 spiro atoms. The first-order valence-corrected chi connectivity index (χ1v) is 4.35. The molecular formula is C11H13NO2. The third-order valence-corrected chi connectivity index (χ3v) is 1.71. The summed E-state index contributed by atoms with van der Waals surface area (Å²) < 4.78 is 4.82. The van der Waals surface area contributed by atoms with E-state index < -0.39 is 12.2 Å². The van der Waals surface area contributed by atoms with Gasteiger partial charge in [-0.3, -0.25) is 5.73 Å². The lowest BCUT2D eigenvalue weighted by molar-refractivity contribution is -0.142. The Morgan fingerprint density at radius 2 is 2.14 bits per heavy atom. The average molecular weight is 191 g/mol. The summed E-state index contributed by atoms with van der Waals surface area (Å²) in [6.45, 7) is 3.29. The molecule has 3 nitrogen and oxygen atoms in total. The van der Waals surface area contributed by atoms with E-state index in [1.165, 1.54) is 0 Å². The molecule has 0 fully saturated rings. The highest BCUT2D eigenvalue weighted by Gasteiger charge is 2.06. The van der Waals surface area contributed by atoms with E-state index in [4.69, 9.17) is 10.5 Å². The van der Waals surface area contributed by atoms with Crippen LogP contribution in [0.25, 0.3) is 0 Å². The van der Waals surface area contributed by atoms with Crippen LogP contribution in [0.2, 0.25) is 0 Å². The fraction of sp³-hybridized carbons (Fsp3) is 0.182. The molecule has 74 valence electrons. The van der Waals surface area contributed by atoms with Crippen LogP contribution in [0.3, 0.4) is 0 Å². The van der Waals surface area contributed by atoms with E-state index in [1.807, 2.05) is 30.3 Å². The zero-order valence-electron chi connectivity index (χ0n) is 7.85. The van der Waals surface area contributed by atoms with Crippen LogP contribution in [0.5, 0.6) is 0 Å². The quantitative estimate of drug-likeness (QED) is 0.442. The Labute approximate surface area is 83.2 Å². The summed E-state index contributed by atoms with van der Waals surface area (Å²) >= 11 is 0. The van der Waals surface area contributed by atoms with E-state index in [0.717, 1.165) is 11.6 Å². The summed E-state index contributed by atoms with van der Waals surface area (Å²) in [5.74, 6) is -0.492. The molecule has 1 atom stereocenters. The lowest BCUT2D eigenvalue weighted by Gasteiger charge is -2.11. The van der Waals surface area contributed by atoms with E-state index in [0.29, 0.717) is 6.42 Å². The topological polar surface area (TPSA) is 52.3 Å². The van der Waals surface area contributed by atoms with Crippen LogP contribution in [0.15, 0.2) is 43.0 Å². The van der Waals surface area contributed by atoms with Crippen molar-refractivity contribution in [1.29, 1.82) is 0 Å². The van der Waals surface area contributed by atoms with Crippen LogP contribution in [-0.2, 0) is 16.0 Å². The van der Waals surface area contributed by atoms with Crippen molar-refractivity contribution in [1.82, 2.24) is 0 Å². The van der Waals surface area contributed by atoms with Gasteiger partial charge in [-0.15, -0.1) is 0 Å². The Balaban J connectivity index is 2.45. The second-order valence-electron chi connectivity index (χ2n) is 2.87. The molecule has 0 saturated carbocycles. The second kappa shape index (κ2) is 5.19. The molecule has 1 aromatic rings. The second-order valence-corrected chi connectivity index (χ2v) is 2.87. The minimum atomic E-state index is -0.608. The number of nitrogens with two attached hydrogens (primary N) is 1. The van der Waals surface area contributed by atoms with Gasteiger partial charge in [-0.05, 0) is 5.56 Å². The highest BCUT2D eigenvalue weighted by atomic mass is 16.6. The lowest BCUT2D eigenvalue weighted by Crippen LogP contribution is -2.28. The van der Waals surface area contributed by atoms with Gasteiger partial charge >= 0.3 is 5.97 Å². The largest absolute Gasteiger partial charge is 0.443 e. The summed E-state index contributed by atoms with van der Waals surface area (Å²) in [5, 5.41) is 0. The molecule has 0 heterocycles. The first kappa shape index (κ1) is 10.5. The third-order valence-electron chi connectivity index (χ3n) is 1.71. The minimum absolute atomic E-state index is 0.492. The molecule has 0 aliphatic carbocycles. The maximum absolute atomic E-state index is 10.8. The van der Waals surface area contributed by atoms with E-state index in [-0.39, 0.29) is 0 Å². The van der Waals surface area contributed by atoms with Gasteiger partial charge in [0.2, 0.25) is 0 Å². The van der Waals surface area contributed by atoms with Crippen molar-refractivity contribution in [2.75, 3.05) is 0 Å². The zero-order valence-corrected chi connectivity index (χ0v) is 7.85. The predicted molar refractivity (Wildman–Crippen MR) is 54.4 cm³/mol. The van der Waals surface area contributed by atoms with Crippen LogP contribution in [0.1, 0.15) is 5.56 Å². The van der Waals surface area contributed by atoms with Gasteiger partial charge in [0.1, 0.15) is 0 Å². The molecule has 2 N–H and O–H groups in total. The number of hydrogen-bond donors (Lipinski definition) is 1. The highest BCUT2D eigenvalue weighted by Crippen LogP contribution is 2.02. The summed E-state index contributed by atoms with van der Waals surface area (Å²) in [6, 6.07) is 9.61. The normalized spacial score (nSPS) is 11.8. The molecule has 0 radical (unpaired) electrons. The summed E-state index contributed by atoms with van der Waals surface area (Å²) in [6.07, 6.45) is 1.01. The smallest absolute Gasteiger partial charge is 0.331 e. The first-order chi connectivity index (χ1) is 6.72. The van der Waals surface area contributed by atoms with Crippen molar-refractivity contribution in [3.8, 4) is 0 Å². The molecule has 14 heavy (non-hydrogen) atoms. The number of ether oxygens (including phenoxy) is 1. The van der Waals surface area contributed by atoms with E-state index in [1.54, 1.807) is 0 Å². The van der Waals surface area contributed by atoms with Crippen molar-refractivity contribution in [2.24, 2.45) is 5.73 Å². The SMILES string of the molecule is C=CC(=O)OC(N)Cc1ccccc1. The summed E-state index contributed by atoms with van der Waals surface area (Å²) in [7, 11) is 0. The zero-order chi connectivity index (χ0) is 10.4. The van der Waals surface area contributed by atoms with Crippen LogP contribution in [0.4, 0.5) is 0 Å². The molecule has 0 aliphatic rings. The van der Waals surface area contributed by atoms with Crippen molar-refractivity contribution in [3.05, 3.63) is 48.6 Å². The van der Waals surface area contributed by atoms with E-state index in [9.17, 15) is 4.79 Å². The van der Waals surface area contributed by atoms with Gasteiger partial charge in [-0.2, -0.15) is 0 Å². The molecule has 0 saturated heterocycles. The fourth-order valence-corrected chi connectivity index (χ4v) is 1.09. The molecule has 0 aliphatic heterocycles. The number of esters is 1. The minimum Gasteiger partial charge on any atom is -0.443 e.